The maximum atomic E-state index is 12.4. The van der Waals surface area contributed by atoms with Gasteiger partial charge >= 0.3 is 5.69 Å². The van der Waals surface area contributed by atoms with Crippen molar-refractivity contribution in [2.24, 2.45) is 4.99 Å². The second-order valence-corrected chi connectivity index (χ2v) is 6.82. The Bertz CT molecular complexity index is 855. The lowest BCUT2D eigenvalue weighted by Gasteiger charge is -2.12. The summed E-state index contributed by atoms with van der Waals surface area (Å²) in [4.78, 5) is 17.0. The topological polar surface area (TPSA) is 85.5 Å². The van der Waals surface area contributed by atoms with Gasteiger partial charge in [-0.15, -0.1) is 0 Å². The summed E-state index contributed by atoms with van der Waals surface area (Å²) >= 11 is 0. The molecule has 1 aliphatic rings. The van der Waals surface area contributed by atoms with E-state index >= 15 is 0 Å². The van der Waals surface area contributed by atoms with Gasteiger partial charge < -0.3 is 15.4 Å². The molecular weight excluding hydrogens is 356 g/mol. The summed E-state index contributed by atoms with van der Waals surface area (Å²) in [6.07, 6.45) is 3.89. The maximum absolute atomic E-state index is 12.4. The quantitative estimate of drug-likeness (QED) is 0.408. The van der Waals surface area contributed by atoms with Gasteiger partial charge in [-0.3, -0.25) is 4.57 Å². The molecule has 1 aromatic heterocycles. The fourth-order valence-corrected chi connectivity index (χ4v) is 3.37. The zero-order chi connectivity index (χ0) is 19.8. The molecule has 28 heavy (non-hydrogen) atoms. The van der Waals surface area contributed by atoms with E-state index < -0.39 is 0 Å². The number of fused-ring (bicyclic) bond motifs is 1. The maximum Gasteiger partial charge on any atom is 0.345 e. The van der Waals surface area contributed by atoms with E-state index in [1.54, 1.807) is 11.8 Å². The van der Waals surface area contributed by atoms with Crippen LogP contribution in [-0.4, -0.2) is 40.5 Å². The Hall–Kier alpha value is -2.77. The molecular formula is C20H30N6O2. The molecule has 8 nitrogen and oxygen atoms in total. The van der Waals surface area contributed by atoms with E-state index in [4.69, 9.17) is 4.74 Å². The van der Waals surface area contributed by atoms with Crippen LogP contribution in [0.25, 0.3) is 0 Å². The molecule has 0 spiro atoms. The number of guanidine groups is 1. The zero-order valence-corrected chi connectivity index (χ0v) is 16.8. The van der Waals surface area contributed by atoms with E-state index in [2.05, 4.69) is 20.7 Å². The summed E-state index contributed by atoms with van der Waals surface area (Å²) in [6, 6.07) is 7.88. The van der Waals surface area contributed by atoms with Crippen LogP contribution in [-0.2, 0) is 26.1 Å². The van der Waals surface area contributed by atoms with Crippen molar-refractivity contribution >= 4 is 5.96 Å². The van der Waals surface area contributed by atoms with Crippen LogP contribution in [0.4, 0.5) is 0 Å². The molecule has 0 unspecified atom stereocenters. The average molecular weight is 387 g/mol. The Morgan fingerprint density at radius 2 is 2.14 bits per heavy atom. The Kier molecular flexibility index (Phi) is 7.11. The zero-order valence-electron chi connectivity index (χ0n) is 16.8. The van der Waals surface area contributed by atoms with Crippen LogP contribution in [0, 0.1) is 0 Å². The van der Waals surface area contributed by atoms with E-state index in [1.807, 2.05) is 35.8 Å². The molecule has 0 bridgehead atoms. The molecule has 0 radical (unpaired) electrons. The third kappa shape index (κ3) is 4.94. The molecule has 0 aliphatic carbocycles. The fourth-order valence-electron chi connectivity index (χ4n) is 3.37. The van der Waals surface area contributed by atoms with E-state index in [0.29, 0.717) is 19.6 Å². The molecule has 0 saturated carbocycles. The minimum Gasteiger partial charge on any atom is -0.496 e. The van der Waals surface area contributed by atoms with Gasteiger partial charge in [0.1, 0.15) is 11.6 Å². The first-order valence-electron chi connectivity index (χ1n) is 10.0. The molecule has 152 valence electrons. The van der Waals surface area contributed by atoms with Crippen LogP contribution in [0.2, 0.25) is 0 Å². The number of hydrogen-bond acceptors (Lipinski definition) is 4. The van der Waals surface area contributed by atoms with Crippen molar-refractivity contribution in [3.05, 3.63) is 46.1 Å². The van der Waals surface area contributed by atoms with Gasteiger partial charge in [-0.25, -0.2) is 14.5 Å². The van der Waals surface area contributed by atoms with Crippen LogP contribution >= 0.6 is 0 Å². The lowest BCUT2D eigenvalue weighted by Crippen LogP contribution is -2.38. The average Bonchev–Trinajstić information content (AvgIpc) is 3.05. The van der Waals surface area contributed by atoms with Gasteiger partial charge in [0.05, 0.1) is 13.7 Å². The standard InChI is InChI=1S/C20H30N6O2/c1-3-21-19(23-15-16-9-4-5-10-17(16)28-2)22-12-8-14-26-20(27)25-13-7-6-11-18(25)24-26/h4-5,9-10H,3,6-8,11-15H2,1-2H3,(H2,21,22,23). The second kappa shape index (κ2) is 9.96. The van der Waals surface area contributed by atoms with Gasteiger partial charge in [-0.2, -0.15) is 5.10 Å². The number of aromatic nitrogens is 3. The Labute approximate surface area is 165 Å². The number of ether oxygens (including phenoxy) is 1. The first-order chi connectivity index (χ1) is 13.7. The Morgan fingerprint density at radius 1 is 1.29 bits per heavy atom. The summed E-state index contributed by atoms with van der Waals surface area (Å²) in [5.74, 6) is 2.52. The van der Waals surface area contributed by atoms with Crippen molar-refractivity contribution in [2.45, 2.75) is 52.2 Å². The SMILES string of the molecule is CCNC(=NCc1ccccc1OC)NCCCn1nc2n(c1=O)CCCC2. The third-order valence-electron chi connectivity index (χ3n) is 4.81. The molecule has 2 heterocycles. The first-order valence-corrected chi connectivity index (χ1v) is 10.0. The van der Waals surface area contributed by atoms with E-state index in [1.165, 1.54) is 0 Å². The Morgan fingerprint density at radius 3 is 2.93 bits per heavy atom. The predicted molar refractivity (Wildman–Crippen MR) is 110 cm³/mol. The minimum atomic E-state index is 0.0199. The largest absolute Gasteiger partial charge is 0.496 e. The summed E-state index contributed by atoms with van der Waals surface area (Å²) in [5, 5.41) is 11.1. The van der Waals surface area contributed by atoms with Gasteiger partial charge in [0.2, 0.25) is 0 Å². The highest BCUT2D eigenvalue weighted by molar-refractivity contribution is 5.79. The van der Waals surface area contributed by atoms with Gasteiger partial charge in [0, 0.05) is 38.2 Å². The van der Waals surface area contributed by atoms with E-state index in [0.717, 1.165) is 61.9 Å². The highest BCUT2D eigenvalue weighted by Gasteiger charge is 2.16. The van der Waals surface area contributed by atoms with Crippen molar-refractivity contribution in [3.63, 3.8) is 0 Å². The molecule has 8 heteroatoms. The lowest BCUT2D eigenvalue weighted by atomic mass is 10.2. The van der Waals surface area contributed by atoms with Crippen LogP contribution in [0.1, 0.15) is 37.6 Å². The van der Waals surface area contributed by atoms with Crippen molar-refractivity contribution in [1.29, 1.82) is 0 Å². The van der Waals surface area contributed by atoms with Gasteiger partial charge in [-0.05, 0) is 32.3 Å². The number of nitrogens with zero attached hydrogens (tertiary/aromatic N) is 4. The second-order valence-electron chi connectivity index (χ2n) is 6.82. The summed E-state index contributed by atoms with van der Waals surface area (Å²) in [6.45, 7) is 5.48. The number of aliphatic imine (C=N–C) groups is 1. The van der Waals surface area contributed by atoms with Crippen LogP contribution < -0.4 is 21.1 Å². The molecule has 3 rings (SSSR count). The highest BCUT2D eigenvalue weighted by Crippen LogP contribution is 2.17. The van der Waals surface area contributed by atoms with Crippen LogP contribution in [0.15, 0.2) is 34.1 Å². The van der Waals surface area contributed by atoms with Crippen molar-refractivity contribution in [2.75, 3.05) is 20.2 Å². The first kappa shape index (κ1) is 20.0. The molecule has 0 fully saturated rings. The molecule has 0 saturated heterocycles. The Balaban J connectivity index is 1.52. The molecule has 1 aromatic carbocycles. The fraction of sp³-hybridized carbons (Fsp3) is 0.550. The van der Waals surface area contributed by atoms with Gasteiger partial charge in [0.15, 0.2) is 5.96 Å². The smallest absolute Gasteiger partial charge is 0.345 e. The molecule has 0 atom stereocenters. The summed E-state index contributed by atoms with van der Waals surface area (Å²) in [7, 11) is 1.67. The number of benzene rings is 1. The third-order valence-corrected chi connectivity index (χ3v) is 4.81. The highest BCUT2D eigenvalue weighted by atomic mass is 16.5. The summed E-state index contributed by atoms with van der Waals surface area (Å²) < 4.78 is 8.79. The monoisotopic (exact) mass is 386 g/mol. The van der Waals surface area contributed by atoms with E-state index in [-0.39, 0.29) is 5.69 Å². The molecule has 0 amide bonds. The number of hydrogen-bond donors (Lipinski definition) is 2. The minimum absolute atomic E-state index is 0.0199. The molecule has 1 aliphatic heterocycles. The number of nitrogens with one attached hydrogen (secondary N) is 2. The van der Waals surface area contributed by atoms with Crippen LogP contribution in [0.3, 0.4) is 0 Å². The van der Waals surface area contributed by atoms with Crippen molar-refractivity contribution in [3.8, 4) is 5.75 Å². The van der Waals surface area contributed by atoms with Crippen molar-refractivity contribution < 1.29 is 4.74 Å². The molecule has 2 aromatic rings. The predicted octanol–water partition coefficient (Wildman–Crippen LogP) is 1.54. The van der Waals surface area contributed by atoms with Gasteiger partial charge in [0.25, 0.3) is 0 Å². The number of rotatable bonds is 8. The number of aryl methyl sites for hydroxylation is 2. The molecule has 2 N–H and O–H groups in total. The number of methoxy groups -OCH3 is 1. The van der Waals surface area contributed by atoms with Crippen molar-refractivity contribution in [1.82, 2.24) is 25.0 Å². The number of para-hydroxylation sites is 1. The van der Waals surface area contributed by atoms with Gasteiger partial charge in [-0.1, -0.05) is 18.2 Å². The van der Waals surface area contributed by atoms with E-state index in [9.17, 15) is 4.79 Å². The summed E-state index contributed by atoms with van der Waals surface area (Å²) in [5.41, 5.74) is 1.06. The normalized spacial score (nSPS) is 13.9. The lowest BCUT2D eigenvalue weighted by molar-refractivity contribution is 0.410. The van der Waals surface area contributed by atoms with Crippen LogP contribution in [0.5, 0.6) is 5.75 Å².